The van der Waals surface area contributed by atoms with Crippen molar-refractivity contribution in [1.29, 1.82) is 0 Å². The van der Waals surface area contributed by atoms with Crippen molar-refractivity contribution in [3.63, 3.8) is 0 Å². The van der Waals surface area contributed by atoms with Gasteiger partial charge >= 0.3 is 0 Å². The summed E-state index contributed by atoms with van der Waals surface area (Å²) in [6.45, 7) is 3.69. The highest BCUT2D eigenvalue weighted by molar-refractivity contribution is 5.84. The molecule has 0 saturated carbocycles. The van der Waals surface area contributed by atoms with Crippen LogP contribution in [0, 0.1) is 0 Å². The molecule has 162 valence electrons. The second kappa shape index (κ2) is 11.4. The zero-order chi connectivity index (χ0) is 21.2. The highest BCUT2D eigenvalue weighted by Gasteiger charge is 2.24. The van der Waals surface area contributed by atoms with Gasteiger partial charge in [0.15, 0.2) is 5.96 Å². The van der Waals surface area contributed by atoms with Crippen molar-refractivity contribution >= 4 is 11.9 Å². The van der Waals surface area contributed by atoms with E-state index in [9.17, 15) is 4.79 Å². The molecule has 0 radical (unpaired) electrons. The minimum Gasteiger partial charge on any atom is -0.469 e. The van der Waals surface area contributed by atoms with E-state index in [-0.39, 0.29) is 12.5 Å². The lowest BCUT2D eigenvalue weighted by Gasteiger charge is -2.25. The standard InChI is InChI=1S/C23H33N5O2/c1-27(2)22(29)17-26-23(24-13-12-21-11-7-15-30-21)25-16-20-10-6-14-28(20)18-19-8-4-3-5-9-19/h3-5,7-9,11,15,20H,6,10,12-14,16-18H2,1-2H3,(H2,24,25,26). The number of amides is 1. The van der Waals surface area contributed by atoms with Crippen LogP contribution in [0.3, 0.4) is 0 Å². The lowest BCUT2D eigenvalue weighted by Crippen LogP contribution is -2.45. The van der Waals surface area contributed by atoms with E-state index >= 15 is 0 Å². The second-order valence-corrected chi connectivity index (χ2v) is 7.84. The molecule has 3 rings (SSSR count). The maximum atomic E-state index is 12.0. The predicted octanol–water partition coefficient (Wildman–Crippen LogP) is 2.11. The molecule has 0 aliphatic carbocycles. The lowest BCUT2D eigenvalue weighted by molar-refractivity contribution is -0.127. The van der Waals surface area contributed by atoms with Gasteiger partial charge in [-0.05, 0) is 37.1 Å². The topological polar surface area (TPSA) is 73.1 Å². The van der Waals surface area contributed by atoms with E-state index in [2.05, 4.69) is 50.9 Å². The summed E-state index contributed by atoms with van der Waals surface area (Å²) in [6.07, 6.45) is 4.81. The van der Waals surface area contributed by atoms with E-state index in [1.807, 2.05) is 12.1 Å². The average Bonchev–Trinajstić information content (AvgIpc) is 3.42. The number of furan rings is 1. The second-order valence-electron chi connectivity index (χ2n) is 7.84. The van der Waals surface area contributed by atoms with E-state index in [1.165, 1.54) is 12.0 Å². The Balaban J connectivity index is 1.54. The van der Waals surface area contributed by atoms with E-state index < -0.39 is 0 Å². The summed E-state index contributed by atoms with van der Waals surface area (Å²) in [5.41, 5.74) is 1.34. The Morgan fingerprint density at radius 2 is 2.03 bits per heavy atom. The van der Waals surface area contributed by atoms with Gasteiger partial charge in [-0.25, -0.2) is 4.99 Å². The van der Waals surface area contributed by atoms with E-state index in [4.69, 9.17) is 4.42 Å². The molecule has 1 saturated heterocycles. The Labute approximate surface area is 179 Å². The molecule has 1 aliphatic rings. The van der Waals surface area contributed by atoms with E-state index in [0.29, 0.717) is 18.5 Å². The molecule has 0 bridgehead atoms. The summed E-state index contributed by atoms with van der Waals surface area (Å²) in [4.78, 5) is 20.5. The van der Waals surface area contributed by atoms with Crippen molar-refractivity contribution in [2.75, 3.05) is 40.3 Å². The molecule has 1 unspecified atom stereocenters. The van der Waals surface area contributed by atoms with E-state index in [1.54, 1.807) is 25.3 Å². The van der Waals surface area contributed by atoms with Crippen LogP contribution in [-0.4, -0.2) is 68.0 Å². The number of carbonyl (C=O) groups excluding carboxylic acids is 1. The van der Waals surface area contributed by atoms with Crippen molar-refractivity contribution in [1.82, 2.24) is 20.4 Å². The highest BCUT2D eigenvalue weighted by Crippen LogP contribution is 2.19. The van der Waals surface area contributed by atoms with Crippen LogP contribution < -0.4 is 10.6 Å². The molecule has 1 aromatic heterocycles. The Morgan fingerprint density at radius 3 is 2.77 bits per heavy atom. The van der Waals surface area contributed by atoms with Gasteiger partial charge in [0.05, 0.1) is 6.26 Å². The molecule has 0 spiro atoms. The highest BCUT2D eigenvalue weighted by atomic mass is 16.3. The Kier molecular flexibility index (Phi) is 8.32. The lowest BCUT2D eigenvalue weighted by atomic mass is 10.2. The molecule has 7 nitrogen and oxygen atoms in total. The molecule has 1 amide bonds. The van der Waals surface area contributed by atoms with Crippen molar-refractivity contribution in [2.45, 2.75) is 31.8 Å². The molecular formula is C23H33N5O2. The Bertz CT molecular complexity index is 789. The summed E-state index contributed by atoms with van der Waals surface area (Å²) in [5.74, 6) is 1.58. The fourth-order valence-corrected chi connectivity index (χ4v) is 3.59. The minimum atomic E-state index is -0.0197. The van der Waals surface area contributed by atoms with Gasteiger partial charge in [-0.15, -0.1) is 0 Å². The van der Waals surface area contributed by atoms with Crippen LogP contribution in [0.1, 0.15) is 24.2 Å². The molecule has 30 heavy (non-hydrogen) atoms. The van der Waals surface area contributed by atoms with Crippen LogP contribution in [0.25, 0.3) is 0 Å². The number of aliphatic imine (C=N–C) groups is 1. The van der Waals surface area contributed by atoms with Gasteiger partial charge in [-0.3, -0.25) is 9.69 Å². The zero-order valence-corrected chi connectivity index (χ0v) is 18.0. The van der Waals surface area contributed by atoms with Gasteiger partial charge in [0, 0.05) is 46.2 Å². The first kappa shape index (κ1) is 21.9. The molecule has 2 N–H and O–H groups in total. The normalized spacial score (nSPS) is 17.1. The molecule has 1 fully saturated rings. The van der Waals surface area contributed by atoms with Crippen LogP contribution in [-0.2, 0) is 17.8 Å². The fourth-order valence-electron chi connectivity index (χ4n) is 3.59. The summed E-state index contributed by atoms with van der Waals surface area (Å²) in [5, 5.41) is 6.78. The van der Waals surface area contributed by atoms with Crippen LogP contribution in [0.2, 0.25) is 0 Å². The van der Waals surface area contributed by atoms with Gasteiger partial charge in [-0.1, -0.05) is 30.3 Å². The number of benzene rings is 1. The predicted molar refractivity (Wildman–Crippen MR) is 119 cm³/mol. The third-order valence-electron chi connectivity index (χ3n) is 5.35. The van der Waals surface area contributed by atoms with Crippen molar-refractivity contribution in [2.24, 2.45) is 4.99 Å². The summed E-state index contributed by atoms with van der Waals surface area (Å²) >= 11 is 0. The van der Waals surface area contributed by atoms with Crippen molar-refractivity contribution in [3.8, 4) is 0 Å². The number of guanidine groups is 1. The van der Waals surface area contributed by atoms with Gasteiger partial charge in [0.2, 0.25) is 5.91 Å². The van der Waals surface area contributed by atoms with Crippen LogP contribution >= 0.6 is 0 Å². The van der Waals surface area contributed by atoms with Crippen LogP contribution in [0.5, 0.6) is 0 Å². The van der Waals surface area contributed by atoms with Gasteiger partial charge in [0.1, 0.15) is 12.3 Å². The number of nitrogens with zero attached hydrogens (tertiary/aromatic N) is 3. The smallest absolute Gasteiger partial charge is 0.243 e. The first-order valence-electron chi connectivity index (χ1n) is 10.6. The number of rotatable bonds is 9. The first-order valence-corrected chi connectivity index (χ1v) is 10.6. The first-order chi connectivity index (χ1) is 14.6. The Morgan fingerprint density at radius 1 is 1.20 bits per heavy atom. The van der Waals surface area contributed by atoms with Crippen LogP contribution in [0.15, 0.2) is 58.1 Å². The number of likely N-dealkylation sites (N-methyl/N-ethyl adjacent to an activating group) is 1. The summed E-state index contributed by atoms with van der Waals surface area (Å²) in [6, 6.07) is 14.9. The number of hydrogen-bond donors (Lipinski definition) is 2. The monoisotopic (exact) mass is 411 g/mol. The molecule has 1 aromatic carbocycles. The summed E-state index contributed by atoms with van der Waals surface area (Å²) < 4.78 is 5.39. The maximum absolute atomic E-state index is 12.0. The van der Waals surface area contributed by atoms with Crippen molar-refractivity contribution in [3.05, 3.63) is 60.1 Å². The van der Waals surface area contributed by atoms with Crippen molar-refractivity contribution < 1.29 is 9.21 Å². The van der Waals surface area contributed by atoms with Gasteiger partial charge in [-0.2, -0.15) is 0 Å². The number of hydrogen-bond acceptors (Lipinski definition) is 4. The maximum Gasteiger partial charge on any atom is 0.243 e. The number of likely N-dealkylation sites (tertiary alicyclic amines) is 1. The quantitative estimate of drug-likeness (QED) is 0.488. The zero-order valence-electron chi connectivity index (χ0n) is 18.0. The van der Waals surface area contributed by atoms with Gasteiger partial charge < -0.3 is 20.0 Å². The molecule has 2 aromatic rings. The molecule has 1 atom stereocenters. The molecule has 7 heteroatoms. The molecule has 2 heterocycles. The van der Waals surface area contributed by atoms with E-state index in [0.717, 1.165) is 38.2 Å². The average molecular weight is 412 g/mol. The third kappa shape index (κ3) is 6.91. The largest absolute Gasteiger partial charge is 0.469 e. The van der Waals surface area contributed by atoms with Crippen LogP contribution in [0.4, 0.5) is 0 Å². The van der Waals surface area contributed by atoms with Gasteiger partial charge in [0.25, 0.3) is 0 Å². The number of carbonyl (C=O) groups is 1. The fraction of sp³-hybridized carbons (Fsp3) is 0.478. The molecule has 1 aliphatic heterocycles. The summed E-state index contributed by atoms with van der Waals surface area (Å²) in [7, 11) is 3.49. The SMILES string of the molecule is CN(C)C(=O)CN=C(NCCc1ccco1)NCC1CCCN1Cc1ccccc1. The Hall–Kier alpha value is -2.80. The molecular weight excluding hydrogens is 378 g/mol. The third-order valence-corrected chi connectivity index (χ3v) is 5.35. The minimum absolute atomic E-state index is 0.0197. The number of nitrogens with one attached hydrogen (secondary N) is 2.